The molecule has 0 saturated carbocycles. The van der Waals surface area contributed by atoms with Crippen LogP contribution < -0.4 is 11.3 Å². The van der Waals surface area contributed by atoms with Crippen LogP contribution in [0.5, 0.6) is 0 Å². The Morgan fingerprint density at radius 2 is 2.46 bits per heavy atom. The van der Waals surface area contributed by atoms with Crippen molar-refractivity contribution < 1.29 is 0 Å². The van der Waals surface area contributed by atoms with Crippen LogP contribution in [0.1, 0.15) is 18.0 Å². The molecule has 1 rings (SSSR count). The molecule has 1 heterocycles. The minimum absolute atomic E-state index is 0.138. The van der Waals surface area contributed by atoms with Crippen molar-refractivity contribution in [3.8, 4) is 6.07 Å². The lowest BCUT2D eigenvalue weighted by molar-refractivity contribution is 0.734. The number of pyridine rings is 1. The van der Waals surface area contributed by atoms with Gasteiger partial charge in [-0.05, 0) is 22.0 Å². The van der Waals surface area contributed by atoms with Crippen molar-refractivity contribution in [2.24, 2.45) is 5.73 Å². The molecule has 0 radical (unpaired) electrons. The van der Waals surface area contributed by atoms with Crippen LogP contribution in [0.3, 0.4) is 0 Å². The number of hydrogen-bond donors (Lipinski definition) is 2. The summed E-state index contributed by atoms with van der Waals surface area (Å²) in [5.74, 6) is 0. The Hall–Kier alpha value is -1.12. The maximum absolute atomic E-state index is 11.2. The molecule has 0 aliphatic carbocycles. The molecule has 0 saturated heterocycles. The van der Waals surface area contributed by atoms with Crippen LogP contribution in [-0.2, 0) is 0 Å². The fourth-order valence-corrected chi connectivity index (χ4v) is 1.32. The largest absolute Gasteiger partial charge is 0.328 e. The molecule has 0 aliphatic rings. The number of nitrogens with zero attached hydrogens (tertiary/aromatic N) is 1. The van der Waals surface area contributed by atoms with Gasteiger partial charge in [-0.15, -0.1) is 0 Å². The topological polar surface area (TPSA) is 82.7 Å². The van der Waals surface area contributed by atoms with Crippen molar-refractivity contribution >= 4 is 15.9 Å². The minimum atomic E-state index is -0.522. The Labute approximate surface area is 83.5 Å². The normalized spacial score (nSPS) is 12.1. The van der Waals surface area contributed by atoms with E-state index in [0.717, 1.165) is 4.47 Å². The highest BCUT2D eigenvalue weighted by atomic mass is 79.9. The van der Waals surface area contributed by atoms with E-state index in [4.69, 9.17) is 11.0 Å². The van der Waals surface area contributed by atoms with Crippen LogP contribution in [0.25, 0.3) is 0 Å². The van der Waals surface area contributed by atoms with Crippen molar-refractivity contribution in [2.45, 2.75) is 12.5 Å². The Morgan fingerprint density at radius 3 is 3.08 bits per heavy atom. The highest BCUT2D eigenvalue weighted by Crippen LogP contribution is 2.13. The molecule has 0 aromatic carbocycles. The average Bonchev–Trinajstić information content (AvgIpc) is 2.09. The van der Waals surface area contributed by atoms with Crippen LogP contribution in [0.2, 0.25) is 0 Å². The van der Waals surface area contributed by atoms with Gasteiger partial charge in [-0.1, -0.05) is 0 Å². The predicted octanol–water partition coefficient (Wildman–Crippen LogP) is 1.05. The minimum Gasteiger partial charge on any atom is -0.328 e. The molecule has 0 aliphatic heterocycles. The molecule has 13 heavy (non-hydrogen) atoms. The molecule has 68 valence electrons. The van der Waals surface area contributed by atoms with Crippen molar-refractivity contribution in [1.29, 1.82) is 5.26 Å². The van der Waals surface area contributed by atoms with E-state index in [1.165, 1.54) is 6.20 Å². The third-order valence-corrected chi connectivity index (χ3v) is 2.07. The summed E-state index contributed by atoms with van der Waals surface area (Å²) < 4.78 is 0.746. The molecule has 1 atom stereocenters. The van der Waals surface area contributed by atoms with Crippen LogP contribution in [0, 0.1) is 11.3 Å². The molecule has 1 unspecified atom stereocenters. The summed E-state index contributed by atoms with van der Waals surface area (Å²) in [5.41, 5.74) is 5.79. The second-order valence-corrected chi connectivity index (χ2v) is 3.49. The van der Waals surface area contributed by atoms with Gasteiger partial charge in [-0.2, -0.15) is 5.26 Å². The Kier molecular flexibility index (Phi) is 3.23. The highest BCUT2D eigenvalue weighted by Gasteiger charge is 2.09. The fraction of sp³-hybridized carbons (Fsp3) is 0.250. The van der Waals surface area contributed by atoms with Gasteiger partial charge < -0.3 is 10.7 Å². The maximum atomic E-state index is 11.2. The second kappa shape index (κ2) is 4.21. The first-order valence-electron chi connectivity index (χ1n) is 3.66. The molecule has 0 spiro atoms. The third kappa shape index (κ3) is 2.41. The zero-order valence-electron chi connectivity index (χ0n) is 6.75. The number of hydrogen-bond acceptors (Lipinski definition) is 3. The van der Waals surface area contributed by atoms with Gasteiger partial charge in [0.05, 0.1) is 12.5 Å². The third-order valence-electron chi connectivity index (χ3n) is 1.61. The lowest BCUT2D eigenvalue weighted by Crippen LogP contribution is -2.21. The van der Waals surface area contributed by atoms with Crippen LogP contribution in [0.4, 0.5) is 0 Å². The molecule has 1 aromatic heterocycles. The van der Waals surface area contributed by atoms with E-state index in [2.05, 4.69) is 20.9 Å². The summed E-state index contributed by atoms with van der Waals surface area (Å²) in [5, 5.41) is 8.40. The molecule has 3 N–H and O–H groups in total. The molecule has 0 bridgehead atoms. The van der Waals surface area contributed by atoms with Gasteiger partial charge in [-0.3, -0.25) is 4.79 Å². The Balaban J connectivity index is 3.07. The lowest BCUT2D eigenvalue weighted by Gasteiger charge is -2.05. The summed E-state index contributed by atoms with van der Waals surface area (Å²) in [7, 11) is 0. The second-order valence-electron chi connectivity index (χ2n) is 2.57. The molecule has 5 heteroatoms. The number of halogens is 1. The van der Waals surface area contributed by atoms with Crippen molar-refractivity contribution in [3.63, 3.8) is 0 Å². The average molecular weight is 242 g/mol. The molecular weight excluding hydrogens is 234 g/mol. The summed E-state index contributed by atoms with van der Waals surface area (Å²) in [4.78, 5) is 13.7. The van der Waals surface area contributed by atoms with Crippen LogP contribution >= 0.6 is 15.9 Å². The molecule has 0 fully saturated rings. The van der Waals surface area contributed by atoms with E-state index >= 15 is 0 Å². The zero-order valence-corrected chi connectivity index (χ0v) is 8.34. The van der Waals surface area contributed by atoms with Crippen molar-refractivity contribution in [1.82, 2.24) is 4.98 Å². The van der Waals surface area contributed by atoms with Crippen molar-refractivity contribution in [3.05, 3.63) is 32.7 Å². The summed E-state index contributed by atoms with van der Waals surface area (Å²) in [6.07, 6.45) is 1.67. The van der Waals surface area contributed by atoms with Gasteiger partial charge in [0.2, 0.25) is 0 Å². The van der Waals surface area contributed by atoms with E-state index in [1.807, 2.05) is 6.07 Å². The number of rotatable bonds is 2. The van der Waals surface area contributed by atoms with Crippen LogP contribution in [0.15, 0.2) is 21.5 Å². The summed E-state index contributed by atoms with van der Waals surface area (Å²) in [6, 6.07) is 3.02. The van der Waals surface area contributed by atoms with Gasteiger partial charge in [0.15, 0.2) is 0 Å². The van der Waals surface area contributed by atoms with Crippen molar-refractivity contribution in [2.75, 3.05) is 0 Å². The SMILES string of the molecule is N#CCC(N)c1cc(Br)c[nH]c1=O. The monoisotopic (exact) mass is 241 g/mol. The lowest BCUT2D eigenvalue weighted by atomic mass is 10.1. The van der Waals surface area contributed by atoms with Gasteiger partial charge >= 0.3 is 0 Å². The molecular formula is C8H8BrN3O. The first-order chi connectivity index (χ1) is 6.15. The highest BCUT2D eigenvalue weighted by molar-refractivity contribution is 9.10. The van der Waals surface area contributed by atoms with E-state index in [1.54, 1.807) is 6.07 Å². The number of H-pyrrole nitrogens is 1. The van der Waals surface area contributed by atoms with Gasteiger partial charge in [-0.25, -0.2) is 0 Å². The number of nitrogens with one attached hydrogen (secondary N) is 1. The first kappa shape index (κ1) is 9.96. The molecule has 0 amide bonds. The molecule has 4 nitrogen and oxygen atoms in total. The standard InChI is InChI=1S/C8H8BrN3O/c9-5-3-6(7(11)1-2-10)8(13)12-4-5/h3-4,7H,1,11H2,(H,12,13). The fourth-order valence-electron chi connectivity index (χ4n) is 0.957. The maximum Gasteiger partial charge on any atom is 0.252 e. The van der Waals surface area contributed by atoms with Crippen LogP contribution in [-0.4, -0.2) is 4.98 Å². The van der Waals surface area contributed by atoms with E-state index in [-0.39, 0.29) is 12.0 Å². The quantitative estimate of drug-likeness (QED) is 0.813. The van der Waals surface area contributed by atoms with E-state index in [0.29, 0.717) is 5.56 Å². The first-order valence-corrected chi connectivity index (χ1v) is 4.45. The smallest absolute Gasteiger partial charge is 0.252 e. The zero-order chi connectivity index (χ0) is 9.84. The van der Waals surface area contributed by atoms with E-state index in [9.17, 15) is 4.79 Å². The van der Waals surface area contributed by atoms with Gasteiger partial charge in [0.25, 0.3) is 5.56 Å². The Bertz CT molecular complexity index is 393. The number of nitriles is 1. The predicted molar refractivity (Wildman–Crippen MR) is 51.9 cm³/mol. The van der Waals surface area contributed by atoms with E-state index < -0.39 is 6.04 Å². The van der Waals surface area contributed by atoms with Gasteiger partial charge in [0, 0.05) is 22.3 Å². The van der Waals surface area contributed by atoms with Gasteiger partial charge in [0.1, 0.15) is 0 Å². The summed E-state index contributed by atoms with van der Waals surface area (Å²) >= 11 is 3.21. The Morgan fingerprint density at radius 1 is 1.77 bits per heavy atom. The number of aromatic nitrogens is 1. The number of aromatic amines is 1. The number of nitrogens with two attached hydrogens (primary N) is 1. The summed E-state index contributed by atoms with van der Waals surface area (Å²) in [6.45, 7) is 0. The molecule has 1 aromatic rings.